The summed E-state index contributed by atoms with van der Waals surface area (Å²) in [5, 5.41) is 2.95. The standard InChI is InChI=1S/C24H33N5O5/c1-5-18(15-25)29-21-19(27-24(29)28-23(30)17-8-9-26-16(2)14-17)6-7-20(33-12-10-31-3)22(21)34-13-11-32-4/h6-9,14,18H,5,10-13,15,25H2,1-4H3,(H,27,28,30). The second kappa shape index (κ2) is 12.3. The van der Waals surface area contributed by atoms with Crippen LogP contribution in [0.5, 0.6) is 11.5 Å². The summed E-state index contributed by atoms with van der Waals surface area (Å²) in [6, 6.07) is 6.91. The number of carbonyl (C=O) groups excluding carboxylic acids is 1. The average molecular weight is 472 g/mol. The normalized spacial score (nSPS) is 12.0. The van der Waals surface area contributed by atoms with Crippen molar-refractivity contribution >= 4 is 22.9 Å². The maximum atomic E-state index is 13.0. The summed E-state index contributed by atoms with van der Waals surface area (Å²) in [7, 11) is 3.23. The second-order valence-electron chi connectivity index (χ2n) is 7.69. The Morgan fingerprint density at radius 1 is 1.12 bits per heavy atom. The van der Waals surface area contributed by atoms with Gasteiger partial charge in [0.25, 0.3) is 5.91 Å². The maximum Gasteiger partial charge on any atom is 0.258 e. The van der Waals surface area contributed by atoms with Gasteiger partial charge in [0.2, 0.25) is 5.95 Å². The molecule has 0 aliphatic heterocycles. The number of anilines is 1. The van der Waals surface area contributed by atoms with Crippen molar-refractivity contribution in [1.29, 1.82) is 0 Å². The van der Waals surface area contributed by atoms with Crippen LogP contribution in [-0.2, 0) is 9.47 Å². The molecule has 0 aliphatic carbocycles. The number of nitrogens with zero attached hydrogens (tertiary/aromatic N) is 3. The van der Waals surface area contributed by atoms with Gasteiger partial charge in [-0.3, -0.25) is 15.1 Å². The van der Waals surface area contributed by atoms with Gasteiger partial charge in [0.05, 0.1) is 18.7 Å². The van der Waals surface area contributed by atoms with Crippen molar-refractivity contribution in [3.05, 3.63) is 41.7 Å². The van der Waals surface area contributed by atoms with Crippen molar-refractivity contribution < 1.29 is 23.7 Å². The largest absolute Gasteiger partial charge is 0.487 e. The van der Waals surface area contributed by atoms with E-state index in [-0.39, 0.29) is 11.9 Å². The van der Waals surface area contributed by atoms with E-state index in [2.05, 4.69) is 10.3 Å². The lowest BCUT2D eigenvalue weighted by Gasteiger charge is -2.21. The number of amides is 1. The van der Waals surface area contributed by atoms with Crippen molar-refractivity contribution in [1.82, 2.24) is 14.5 Å². The number of ether oxygens (including phenoxy) is 4. The number of benzene rings is 1. The molecule has 1 aromatic carbocycles. The summed E-state index contributed by atoms with van der Waals surface area (Å²) in [6.45, 7) is 5.73. The monoisotopic (exact) mass is 471 g/mol. The number of pyridine rings is 1. The first-order valence-electron chi connectivity index (χ1n) is 11.3. The Morgan fingerprint density at radius 3 is 2.50 bits per heavy atom. The minimum Gasteiger partial charge on any atom is -0.487 e. The Hall–Kier alpha value is -3.21. The number of hydrogen-bond donors (Lipinski definition) is 2. The van der Waals surface area contributed by atoms with Crippen LogP contribution in [0.25, 0.3) is 11.0 Å². The fourth-order valence-corrected chi connectivity index (χ4v) is 3.61. The molecule has 2 heterocycles. The zero-order valence-electron chi connectivity index (χ0n) is 20.2. The number of rotatable bonds is 13. The molecule has 0 bridgehead atoms. The van der Waals surface area contributed by atoms with Crippen molar-refractivity contribution in [2.45, 2.75) is 26.3 Å². The Kier molecular flexibility index (Phi) is 9.20. The molecule has 3 N–H and O–H groups in total. The molecule has 0 spiro atoms. The smallest absolute Gasteiger partial charge is 0.258 e. The van der Waals surface area contributed by atoms with Crippen LogP contribution in [0.3, 0.4) is 0 Å². The number of carbonyl (C=O) groups is 1. The molecule has 3 aromatic rings. The maximum absolute atomic E-state index is 13.0. The summed E-state index contributed by atoms with van der Waals surface area (Å²) in [4.78, 5) is 21.9. The van der Waals surface area contributed by atoms with Gasteiger partial charge in [0, 0.05) is 44.3 Å². The minimum absolute atomic E-state index is 0.126. The summed E-state index contributed by atoms with van der Waals surface area (Å²) in [6.07, 6.45) is 2.33. The van der Waals surface area contributed by atoms with Crippen LogP contribution in [0.4, 0.5) is 5.95 Å². The molecule has 1 unspecified atom stereocenters. The van der Waals surface area contributed by atoms with Gasteiger partial charge < -0.3 is 29.2 Å². The number of fused-ring (bicyclic) bond motifs is 1. The molecule has 34 heavy (non-hydrogen) atoms. The molecule has 184 valence electrons. The molecule has 0 fully saturated rings. The highest BCUT2D eigenvalue weighted by atomic mass is 16.5. The molecule has 2 aromatic heterocycles. The fourth-order valence-electron chi connectivity index (χ4n) is 3.61. The molecule has 0 saturated carbocycles. The number of nitrogens with two attached hydrogens (primary N) is 1. The van der Waals surface area contributed by atoms with Gasteiger partial charge in [-0.15, -0.1) is 0 Å². The van der Waals surface area contributed by atoms with E-state index in [1.807, 2.05) is 24.5 Å². The third-order valence-corrected chi connectivity index (χ3v) is 5.34. The molecule has 0 radical (unpaired) electrons. The highest BCUT2D eigenvalue weighted by Crippen LogP contribution is 2.39. The SMILES string of the molecule is CCC(CN)n1c(NC(=O)c2ccnc(C)c2)nc2ccc(OCCOC)c(OCCOC)c21. The summed E-state index contributed by atoms with van der Waals surface area (Å²) < 4.78 is 24.2. The summed E-state index contributed by atoms with van der Waals surface area (Å²) >= 11 is 0. The quantitative estimate of drug-likeness (QED) is 0.365. The van der Waals surface area contributed by atoms with Gasteiger partial charge in [0.15, 0.2) is 11.5 Å². The predicted molar refractivity (Wildman–Crippen MR) is 130 cm³/mol. The highest BCUT2D eigenvalue weighted by Gasteiger charge is 2.24. The zero-order chi connectivity index (χ0) is 24.5. The third-order valence-electron chi connectivity index (χ3n) is 5.34. The van der Waals surface area contributed by atoms with E-state index in [9.17, 15) is 4.79 Å². The number of aromatic nitrogens is 3. The van der Waals surface area contributed by atoms with Gasteiger partial charge in [-0.1, -0.05) is 6.92 Å². The van der Waals surface area contributed by atoms with Crippen LogP contribution in [0.2, 0.25) is 0 Å². The van der Waals surface area contributed by atoms with E-state index in [4.69, 9.17) is 29.7 Å². The van der Waals surface area contributed by atoms with Crippen LogP contribution >= 0.6 is 0 Å². The van der Waals surface area contributed by atoms with Gasteiger partial charge in [0.1, 0.15) is 18.7 Å². The first-order chi connectivity index (χ1) is 16.5. The number of nitrogens with one attached hydrogen (secondary N) is 1. The molecule has 3 rings (SSSR count). The van der Waals surface area contributed by atoms with E-state index < -0.39 is 0 Å². The molecule has 10 nitrogen and oxygen atoms in total. The summed E-state index contributed by atoms with van der Waals surface area (Å²) in [5.41, 5.74) is 8.72. The molecule has 0 aliphatic rings. The first-order valence-corrected chi connectivity index (χ1v) is 11.3. The topological polar surface area (TPSA) is 123 Å². The fraction of sp³-hybridized carbons (Fsp3) is 0.458. The average Bonchev–Trinajstić information content (AvgIpc) is 3.19. The molecule has 1 atom stereocenters. The van der Waals surface area contributed by atoms with Crippen LogP contribution in [0, 0.1) is 6.92 Å². The van der Waals surface area contributed by atoms with Gasteiger partial charge in [-0.05, 0) is 37.6 Å². The van der Waals surface area contributed by atoms with Gasteiger partial charge >= 0.3 is 0 Å². The lowest BCUT2D eigenvalue weighted by atomic mass is 10.2. The Balaban J connectivity index is 2.11. The van der Waals surface area contributed by atoms with E-state index in [0.717, 1.165) is 12.1 Å². The van der Waals surface area contributed by atoms with Crippen molar-refractivity contribution in [2.75, 3.05) is 52.5 Å². The van der Waals surface area contributed by atoms with Crippen molar-refractivity contribution in [3.63, 3.8) is 0 Å². The number of hydrogen-bond acceptors (Lipinski definition) is 8. The van der Waals surface area contributed by atoms with Gasteiger partial charge in [-0.2, -0.15) is 0 Å². The first kappa shape index (κ1) is 25.4. The van der Waals surface area contributed by atoms with E-state index >= 15 is 0 Å². The Bertz CT molecular complexity index is 1100. The van der Waals surface area contributed by atoms with Crippen molar-refractivity contribution in [3.8, 4) is 11.5 Å². The lowest BCUT2D eigenvalue weighted by molar-refractivity contribution is 0.102. The van der Waals surface area contributed by atoms with E-state index in [1.165, 1.54) is 0 Å². The summed E-state index contributed by atoms with van der Waals surface area (Å²) in [5.74, 6) is 1.17. The predicted octanol–water partition coefficient (Wildman–Crippen LogP) is 2.95. The van der Waals surface area contributed by atoms with Crippen LogP contribution in [-0.4, -0.2) is 67.6 Å². The second-order valence-corrected chi connectivity index (χ2v) is 7.69. The van der Waals surface area contributed by atoms with E-state index in [0.29, 0.717) is 67.0 Å². The number of aryl methyl sites for hydroxylation is 1. The molecule has 10 heteroatoms. The third kappa shape index (κ3) is 5.82. The number of imidazole rings is 1. The molecular formula is C24H33N5O5. The Morgan fingerprint density at radius 2 is 1.85 bits per heavy atom. The molecular weight excluding hydrogens is 438 g/mol. The van der Waals surface area contributed by atoms with Crippen molar-refractivity contribution in [2.24, 2.45) is 5.73 Å². The molecule has 0 saturated heterocycles. The van der Waals surface area contributed by atoms with Crippen LogP contribution < -0.4 is 20.5 Å². The van der Waals surface area contributed by atoms with Crippen LogP contribution in [0.1, 0.15) is 35.4 Å². The minimum atomic E-state index is -0.285. The van der Waals surface area contributed by atoms with Gasteiger partial charge in [-0.25, -0.2) is 4.98 Å². The Labute approximate surface area is 199 Å². The molecule has 1 amide bonds. The zero-order valence-corrected chi connectivity index (χ0v) is 20.2. The van der Waals surface area contributed by atoms with E-state index in [1.54, 1.807) is 38.6 Å². The highest BCUT2D eigenvalue weighted by molar-refractivity contribution is 6.04. The van der Waals surface area contributed by atoms with Crippen LogP contribution in [0.15, 0.2) is 30.5 Å². The lowest BCUT2D eigenvalue weighted by Crippen LogP contribution is -2.23. The number of methoxy groups -OCH3 is 2.